The van der Waals surface area contributed by atoms with Crippen LogP contribution in [0.4, 0.5) is 5.82 Å². The molecule has 0 aromatic carbocycles. The molecule has 3 aromatic rings. The van der Waals surface area contributed by atoms with Crippen molar-refractivity contribution in [2.75, 3.05) is 11.9 Å². The van der Waals surface area contributed by atoms with E-state index in [0.717, 1.165) is 41.4 Å². The standard InChI is InChI=1S/C16H21N5/c1-11-10-15(17-8-7-14-6-5-9-20(14)4)21-16(18-11)12(2)13(3)19-21/h5-6,9-10,17H,7-8H2,1-4H3. The van der Waals surface area contributed by atoms with E-state index in [4.69, 9.17) is 0 Å². The minimum atomic E-state index is 0.869. The normalized spacial score (nSPS) is 11.2. The van der Waals surface area contributed by atoms with Crippen LogP contribution in [0, 0.1) is 20.8 Å². The molecule has 0 aliphatic heterocycles. The van der Waals surface area contributed by atoms with Gasteiger partial charge in [0.25, 0.3) is 0 Å². The van der Waals surface area contributed by atoms with Crippen molar-refractivity contribution in [3.8, 4) is 0 Å². The molecule has 0 radical (unpaired) electrons. The topological polar surface area (TPSA) is 47.2 Å². The van der Waals surface area contributed by atoms with E-state index in [-0.39, 0.29) is 0 Å². The average Bonchev–Trinajstić information content (AvgIpc) is 2.97. The molecule has 0 fully saturated rings. The molecule has 0 spiro atoms. The number of aromatic nitrogens is 4. The van der Waals surface area contributed by atoms with E-state index >= 15 is 0 Å². The second kappa shape index (κ2) is 5.24. The van der Waals surface area contributed by atoms with Crippen LogP contribution >= 0.6 is 0 Å². The van der Waals surface area contributed by atoms with Crippen molar-refractivity contribution in [1.29, 1.82) is 0 Å². The number of nitrogens with one attached hydrogen (secondary N) is 1. The zero-order valence-corrected chi connectivity index (χ0v) is 13.0. The lowest BCUT2D eigenvalue weighted by Crippen LogP contribution is -2.11. The Morgan fingerprint density at radius 1 is 1.24 bits per heavy atom. The second-order valence-corrected chi connectivity index (χ2v) is 5.52. The Balaban J connectivity index is 1.83. The van der Waals surface area contributed by atoms with Crippen LogP contribution in [0.1, 0.15) is 22.6 Å². The summed E-state index contributed by atoms with van der Waals surface area (Å²) in [5.74, 6) is 1.00. The number of hydrogen-bond donors (Lipinski definition) is 1. The van der Waals surface area contributed by atoms with Crippen molar-refractivity contribution in [2.24, 2.45) is 7.05 Å². The van der Waals surface area contributed by atoms with Crippen LogP contribution in [0.25, 0.3) is 5.65 Å². The average molecular weight is 283 g/mol. The van der Waals surface area contributed by atoms with Crippen LogP contribution in [-0.2, 0) is 13.5 Å². The molecule has 3 aromatic heterocycles. The molecule has 0 saturated heterocycles. The highest BCUT2D eigenvalue weighted by atomic mass is 15.3. The Morgan fingerprint density at radius 2 is 2.05 bits per heavy atom. The summed E-state index contributed by atoms with van der Waals surface area (Å²) in [5.41, 5.74) is 5.43. The molecule has 0 aliphatic carbocycles. The Morgan fingerprint density at radius 3 is 2.76 bits per heavy atom. The quantitative estimate of drug-likeness (QED) is 0.800. The van der Waals surface area contributed by atoms with Crippen LogP contribution in [0.3, 0.4) is 0 Å². The molecule has 0 bridgehead atoms. The number of anilines is 1. The van der Waals surface area contributed by atoms with Crippen LogP contribution in [0.5, 0.6) is 0 Å². The van der Waals surface area contributed by atoms with Crippen molar-refractivity contribution < 1.29 is 0 Å². The van der Waals surface area contributed by atoms with E-state index in [1.807, 2.05) is 24.4 Å². The fourth-order valence-electron chi connectivity index (χ4n) is 2.55. The molecule has 3 heterocycles. The molecular weight excluding hydrogens is 262 g/mol. The fourth-order valence-corrected chi connectivity index (χ4v) is 2.55. The van der Waals surface area contributed by atoms with Gasteiger partial charge in [0, 0.05) is 49.2 Å². The summed E-state index contributed by atoms with van der Waals surface area (Å²) in [4.78, 5) is 4.59. The maximum absolute atomic E-state index is 4.59. The first-order valence-electron chi connectivity index (χ1n) is 7.24. The maximum Gasteiger partial charge on any atom is 0.160 e. The molecule has 5 heteroatoms. The summed E-state index contributed by atoms with van der Waals surface area (Å²) >= 11 is 0. The van der Waals surface area contributed by atoms with Gasteiger partial charge in [0.15, 0.2) is 5.65 Å². The number of fused-ring (bicyclic) bond motifs is 1. The minimum absolute atomic E-state index is 0.869. The molecule has 21 heavy (non-hydrogen) atoms. The molecule has 1 N–H and O–H groups in total. The first-order chi connectivity index (χ1) is 10.1. The lowest BCUT2D eigenvalue weighted by Gasteiger charge is -2.10. The van der Waals surface area contributed by atoms with E-state index in [0.29, 0.717) is 0 Å². The van der Waals surface area contributed by atoms with E-state index < -0.39 is 0 Å². The fraction of sp³-hybridized carbons (Fsp3) is 0.375. The number of hydrogen-bond acceptors (Lipinski definition) is 3. The lowest BCUT2D eigenvalue weighted by molar-refractivity contribution is 0.812. The van der Waals surface area contributed by atoms with Crippen molar-refractivity contribution in [3.63, 3.8) is 0 Å². The third-order valence-electron chi connectivity index (χ3n) is 3.92. The van der Waals surface area contributed by atoms with Crippen molar-refractivity contribution >= 4 is 11.5 Å². The highest BCUT2D eigenvalue weighted by Gasteiger charge is 2.10. The van der Waals surface area contributed by atoms with Gasteiger partial charge in [0.05, 0.1) is 5.69 Å². The summed E-state index contributed by atoms with van der Waals surface area (Å²) in [7, 11) is 2.07. The van der Waals surface area contributed by atoms with Gasteiger partial charge in [0.1, 0.15) is 5.82 Å². The van der Waals surface area contributed by atoms with Crippen molar-refractivity contribution in [2.45, 2.75) is 27.2 Å². The van der Waals surface area contributed by atoms with Crippen molar-refractivity contribution in [1.82, 2.24) is 19.2 Å². The zero-order valence-electron chi connectivity index (χ0n) is 13.0. The molecule has 0 aliphatic rings. The van der Waals surface area contributed by atoms with E-state index in [2.05, 4.69) is 52.3 Å². The van der Waals surface area contributed by atoms with Gasteiger partial charge in [-0.05, 0) is 32.9 Å². The van der Waals surface area contributed by atoms with E-state index in [1.54, 1.807) is 0 Å². The summed E-state index contributed by atoms with van der Waals surface area (Å²) in [6.07, 6.45) is 3.05. The molecule has 5 nitrogen and oxygen atoms in total. The predicted molar refractivity (Wildman–Crippen MR) is 84.8 cm³/mol. The largest absolute Gasteiger partial charge is 0.370 e. The van der Waals surface area contributed by atoms with Gasteiger partial charge >= 0.3 is 0 Å². The van der Waals surface area contributed by atoms with Gasteiger partial charge in [0.2, 0.25) is 0 Å². The Bertz CT molecular complexity index is 781. The van der Waals surface area contributed by atoms with Crippen molar-refractivity contribution in [3.05, 3.63) is 47.0 Å². The highest BCUT2D eigenvalue weighted by molar-refractivity contribution is 5.55. The molecule has 3 rings (SSSR count). The molecular formula is C16H21N5. The molecule has 0 amide bonds. The summed E-state index contributed by atoms with van der Waals surface area (Å²) in [6.45, 7) is 6.98. The monoisotopic (exact) mass is 283 g/mol. The van der Waals surface area contributed by atoms with Gasteiger partial charge < -0.3 is 9.88 Å². The summed E-state index contributed by atoms with van der Waals surface area (Å²) in [6, 6.07) is 6.27. The highest BCUT2D eigenvalue weighted by Crippen LogP contribution is 2.18. The third kappa shape index (κ3) is 2.51. The minimum Gasteiger partial charge on any atom is -0.370 e. The zero-order chi connectivity index (χ0) is 15.0. The number of aryl methyl sites for hydroxylation is 4. The third-order valence-corrected chi connectivity index (χ3v) is 3.92. The van der Waals surface area contributed by atoms with Crippen LogP contribution in [-0.4, -0.2) is 25.7 Å². The smallest absolute Gasteiger partial charge is 0.160 e. The second-order valence-electron chi connectivity index (χ2n) is 5.52. The van der Waals surface area contributed by atoms with Crippen LogP contribution in [0.2, 0.25) is 0 Å². The van der Waals surface area contributed by atoms with Gasteiger partial charge in [-0.2, -0.15) is 9.61 Å². The van der Waals surface area contributed by atoms with Gasteiger partial charge in [-0.25, -0.2) is 4.98 Å². The number of nitrogens with zero attached hydrogens (tertiary/aromatic N) is 4. The predicted octanol–water partition coefficient (Wildman–Crippen LogP) is 2.65. The SMILES string of the molecule is Cc1cc(NCCc2cccn2C)n2nc(C)c(C)c2n1. The maximum atomic E-state index is 4.59. The molecule has 0 saturated carbocycles. The Labute approximate surface area is 124 Å². The van der Waals surface area contributed by atoms with Crippen LogP contribution in [0.15, 0.2) is 24.4 Å². The Kier molecular flexibility index (Phi) is 3.41. The molecule has 0 unspecified atom stereocenters. The van der Waals surface area contributed by atoms with Gasteiger partial charge in [-0.15, -0.1) is 0 Å². The first-order valence-corrected chi connectivity index (χ1v) is 7.24. The molecule has 0 atom stereocenters. The van der Waals surface area contributed by atoms with Crippen LogP contribution < -0.4 is 5.32 Å². The summed E-state index contributed by atoms with van der Waals surface area (Å²) in [5, 5.41) is 8.06. The summed E-state index contributed by atoms with van der Waals surface area (Å²) < 4.78 is 4.06. The molecule has 110 valence electrons. The van der Waals surface area contributed by atoms with Gasteiger partial charge in [-0.3, -0.25) is 0 Å². The van der Waals surface area contributed by atoms with E-state index in [9.17, 15) is 0 Å². The van der Waals surface area contributed by atoms with Gasteiger partial charge in [-0.1, -0.05) is 0 Å². The first kappa shape index (κ1) is 13.7. The number of rotatable bonds is 4. The van der Waals surface area contributed by atoms with E-state index in [1.165, 1.54) is 5.69 Å². The Hall–Kier alpha value is -2.30. The lowest BCUT2D eigenvalue weighted by atomic mass is 10.3.